The van der Waals surface area contributed by atoms with E-state index >= 15 is 0 Å². The summed E-state index contributed by atoms with van der Waals surface area (Å²) in [4.78, 5) is 30.2. The van der Waals surface area contributed by atoms with Crippen molar-refractivity contribution in [2.45, 2.75) is 33.2 Å². The fourth-order valence-electron chi connectivity index (χ4n) is 4.34. The number of carbonyl (C=O) groups excluding carboxylic acids is 2. The van der Waals surface area contributed by atoms with E-state index in [9.17, 15) is 14.7 Å². The molecule has 2 aromatic rings. The minimum Gasteiger partial charge on any atom is -0.507 e. The van der Waals surface area contributed by atoms with E-state index in [1.54, 1.807) is 50.6 Å². The normalized spacial score (nSPS) is 17.1. The van der Waals surface area contributed by atoms with E-state index in [4.69, 9.17) is 14.2 Å². The second kappa shape index (κ2) is 12.4. The molecule has 1 saturated heterocycles. The van der Waals surface area contributed by atoms with Crippen molar-refractivity contribution in [3.05, 3.63) is 59.2 Å². The van der Waals surface area contributed by atoms with Gasteiger partial charge >= 0.3 is 0 Å². The fraction of sp³-hybridized carbons (Fsp3) is 0.429. The minimum atomic E-state index is -0.767. The summed E-state index contributed by atoms with van der Waals surface area (Å²) in [6.07, 6.45) is 0.846. The summed E-state index contributed by atoms with van der Waals surface area (Å²) in [5.41, 5.74) is 1.14. The van der Waals surface area contributed by atoms with E-state index in [1.807, 2.05) is 13.0 Å². The number of hydrogen-bond acceptors (Lipinski definition) is 7. The van der Waals surface area contributed by atoms with Gasteiger partial charge in [0.15, 0.2) is 11.5 Å². The smallest absolute Gasteiger partial charge is 0.295 e. The molecule has 0 unspecified atom stereocenters. The number of ketones is 1. The number of methoxy groups -OCH3 is 2. The molecule has 1 N–H and O–H groups in total. The van der Waals surface area contributed by atoms with Gasteiger partial charge in [-0.15, -0.1) is 0 Å². The molecule has 0 spiro atoms. The summed E-state index contributed by atoms with van der Waals surface area (Å²) in [7, 11) is 3.10. The van der Waals surface area contributed by atoms with Crippen LogP contribution in [0.2, 0.25) is 0 Å². The molecule has 0 aromatic heterocycles. The Bertz CT molecular complexity index is 1090. The van der Waals surface area contributed by atoms with Crippen LogP contribution < -0.4 is 14.2 Å². The van der Waals surface area contributed by atoms with Gasteiger partial charge in [-0.3, -0.25) is 9.59 Å². The molecule has 8 nitrogen and oxygen atoms in total. The van der Waals surface area contributed by atoms with Gasteiger partial charge in [0.05, 0.1) is 32.4 Å². The zero-order valence-electron chi connectivity index (χ0n) is 21.7. The second-order valence-corrected chi connectivity index (χ2v) is 8.51. The standard InChI is InChI=1S/C28H36N2O6/c1-6-17-36-22-14-11-20(18-23(22)35-5)25-24(26(31)19-9-12-21(34-4)13-10-19)27(32)28(33)30(25)16-15-29(7-2)8-3/h9-14,18,25,31H,6-8,15-17H2,1-5H3/t25-/m0/s1. The molecule has 3 rings (SSSR count). The molecule has 1 heterocycles. The largest absolute Gasteiger partial charge is 0.507 e. The van der Waals surface area contributed by atoms with Gasteiger partial charge in [0.2, 0.25) is 0 Å². The lowest BCUT2D eigenvalue weighted by molar-refractivity contribution is -0.140. The number of nitrogens with zero attached hydrogens (tertiary/aromatic N) is 2. The molecule has 36 heavy (non-hydrogen) atoms. The third-order valence-corrected chi connectivity index (χ3v) is 6.42. The van der Waals surface area contributed by atoms with Crippen molar-refractivity contribution in [1.29, 1.82) is 0 Å². The number of likely N-dealkylation sites (tertiary alicyclic amines) is 1. The summed E-state index contributed by atoms with van der Waals surface area (Å²) in [5, 5.41) is 11.3. The maximum Gasteiger partial charge on any atom is 0.295 e. The summed E-state index contributed by atoms with van der Waals surface area (Å²) < 4.78 is 16.5. The number of amides is 1. The average Bonchev–Trinajstić information content (AvgIpc) is 3.17. The molecular weight excluding hydrogens is 460 g/mol. The Morgan fingerprint density at radius 1 is 0.972 bits per heavy atom. The molecule has 2 aromatic carbocycles. The number of benzene rings is 2. The van der Waals surface area contributed by atoms with Gasteiger partial charge < -0.3 is 29.1 Å². The van der Waals surface area contributed by atoms with Crippen LogP contribution in [0.5, 0.6) is 17.2 Å². The van der Waals surface area contributed by atoms with Crippen molar-refractivity contribution in [2.24, 2.45) is 0 Å². The molecular formula is C28H36N2O6. The maximum absolute atomic E-state index is 13.3. The van der Waals surface area contributed by atoms with E-state index in [1.165, 1.54) is 4.90 Å². The van der Waals surface area contributed by atoms with Crippen LogP contribution in [-0.2, 0) is 9.59 Å². The van der Waals surface area contributed by atoms with Gasteiger partial charge in [0.25, 0.3) is 11.7 Å². The molecule has 0 aliphatic carbocycles. The van der Waals surface area contributed by atoms with Crippen molar-refractivity contribution < 1.29 is 28.9 Å². The van der Waals surface area contributed by atoms with Crippen molar-refractivity contribution in [2.75, 3.05) is 47.0 Å². The average molecular weight is 497 g/mol. The van der Waals surface area contributed by atoms with E-state index in [0.29, 0.717) is 48.1 Å². The monoisotopic (exact) mass is 496 g/mol. The molecule has 0 bridgehead atoms. The van der Waals surface area contributed by atoms with Gasteiger partial charge in [-0.2, -0.15) is 0 Å². The molecule has 1 aliphatic rings. The molecule has 1 aliphatic heterocycles. The lowest BCUT2D eigenvalue weighted by Crippen LogP contribution is -2.38. The van der Waals surface area contributed by atoms with Crippen molar-refractivity contribution in [3.8, 4) is 17.2 Å². The Hall–Kier alpha value is -3.52. The van der Waals surface area contributed by atoms with Crippen LogP contribution in [0.4, 0.5) is 0 Å². The fourth-order valence-corrected chi connectivity index (χ4v) is 4.34. The number of carbonyl (C=O) groups is 2. The summed E-state index contributed by atoms with van der Waals surface area (Å²) in [5.74, 6) is 0.135. The number of likely N-dealkylation sites (N-methyl/N-ethyl adjacent to an activating group) is 1. The Labute approximate surface area is 213 Å². The van der Waals surface area contributed by atoms with E-state index in [-0.39, 0.29) is 11.3 Å². The maximum atomic E-state index is 13.3. The van der Waals surface area contributed by atoms with Gasteiger partial charge in [-0.05, 0) is 61.5 Å². The summed E-state index contributed by atoms with van der Waals surface area (Å²) >= 11 is 0. The third kappa shape index (κ3) is 5.65. The minimum absolute atomic E-state index is 0.0500. The second-order valence-electron chi connectivity index (χ2n) is 8.51. The number of ether oxygens (including phenoxy) is 3. The highest BCUT2D eigenvalue weighted by atomic mass is 16.5. The van der Waals surface area contributed by atoms with Crippen LogP contribution in [0, 0.1) is 0 Å². The Kier molecular flexibility index (Phi) is 9.36. The quantitative estimate of drug-likeness (QED) is 0.267. The molecule has 1 atom stereocenters. The molecule has 1 amide bonds. The Morgan fingerprint density at radius 3 is 2.25 bits per heavy atom. The zero-order valence-corrected chi connectivity index (χ0v) is 21.7. The topological polar surface area (TPSA) is 88.5 Å². The van der Waals surface area contributed by atoms with Crippen molar-refractivity contribution >= 4 is 17.4 Å². The number of aliphatic hydroxyl groups is 1. The number of aliphatic hydroxyl groups excluding tert-OH is 1. The lowest BCUT2D eigenvalue weighted by atomic mass is 9.95. The Morgan fingerprint density at radius 2 is 1.67 bits per heavy atom. The highest BCUT2D eigenvalue weighted by molar-refractivity contribution is 6.46. The first kappa shape index (κ1) is 27.1. The number of Topliss-reactive ketones (excluding diaryl/α,β-unsaturated/α-hetero) is 1. The van der Waals surface area contributed by atoms with E-state index in [0.717, 1.165) is 19.5 Å². The van der Waals surface area contributed by atoms with Gasteiger partial charge in [0.1, 0.15) is 11.5 Å². The zero-order chi connectivity index (χ0) is 26.2. The molecule has 8 heteroatoms. The SMILES string of the molecule is CCCOc1ccc([C@H]2C(=C(O)c3ccc(OC)cc3)C(=O)C(=O)N2CCN(CC)CC)cc1OC. The number of rotatable bonds is 12. The molecule has 1 fully saturated rings. The van der Waals surface area contributed by atoms with Crippen LogP contribution in [0.1, 0.15) is 44.4 Å². The molecule has 0 saturated carbocycles. The summed E-state index contributed by atoms with van der Waals surface area (Å²) in [6, 6.07) is 11.3. The van der Waals surface area contributed by atoms with Crippen LogP contribution >= 0.6 is 0 Å². The predicted octanol–water partition coefficient (Wildman–Crippen LogP) is 4.26. The Balaban J connectivity index is 2.12. The third-order valence-electron chi connectivity index (χ3n) is 6.42. The molecule has 0 radical (unpaired) electrons. The van der Waals surface area contributed by atoms with E-state index in [2.05, 4.69) is 18.7 Å². The van der Waals surface area contributed by atoms with Crippen molar-refractivity contribution in [1.82, 2.24) is 9.80 Å². The van der Waals surface area contributed by atoms with Gasteiger partial charge in [-0.25, -0.2) is 0 Å². The first-order valence-corrected chi connectivity index (χ1v) is 12.4. The first-order chi connectivity index (χ1) is 17.4. The van der Waals surface area contributed by atoms with Crippen LogP contribution in [0.15, 0.2) is 48.0 Å². The first-order valence-electron chi connectivity index (χ1n) is 12.4. The van der Waals surface area contributed by atoms with Crippen molar-refractivity contribution in [3.63, 3.8) is 0 Å². The van der Waals surface area contributed by atoms with Gasteiger partial charge in [-0.1, -0.05) is 26.8 Å². The molecule has 194 valence electrons. The van der Waals surface area contributed by atoms with Gasteiger partial charge in [0, 0.05) is 18.7 Å². The summed E-state index contributed by atoms with van der Waals surface area (Å²) in [6.45, 7) is 9.26. The highest BCUT2D eigenvalue weighted by Gasteiger charge is 2.46. The van der Waals surface area contributed by atoms with E-state index < -0.39 is 17.7 Å². The van der Waals surface area contributed by atoms with Crippen LogP contribution in [0.3, 0.4) is 0 Å². The van der Waals surface area contributed by atoms with Crippen LogP contribution in [-0.4, -0.2) is 73.6 Å². The highest BCUT2D eigenvalue weighted by Crippen LogP contribution is 2.42. The number of hydrogen-bond donors (Lipinski definition) is 1. The van der Waals surface area contributed by atoms with Crippen LogP contribution in [0.25, 0.3) is 5.76 Å². The lowest BCUT2D eigenvalue weighted by Gasteiger charge is -2.28. The predicted molar refractivity (Wildman–Crippen MR) is 139 cm³/mol.